The maximum absolute atomic E-state index is 11.5. The Morgan fingerprint density at radius 1 is 0.895 bits per heavy atom. The monoisotopic (exact) mass is 255 g/mol. The molecule has 2 amide bonds. The van der Waals surface area contributed by atoms with E-state index >= 15 is 0 Å². The topological polar surface area (TPSA) is 53.2 Å². The van der Waals surface area contributed by atoms with E-state index in [0.29, 0.717) is 6.54 Å². The van der Waals surface area contributed by atoms with Crippen molar-refractivity contribution in [3.63, 3.8) is 0 Å². The number of urea groups is 1. The quantitative estimate of drug-likeness (QED) is 0.719. The molecule has 0 aliphatic rings. The van der Waals surface area contributed by atoms with Crippen molar-refractivity contribution in [2.45, 2.75) is 6.42 Å². The molecule has 4 nitrogen and oxygen atoms in total. The molecule has 0 saturated heterocycles. The number of benzene rings is 2. The van der Waals surface area contributed by atoms with E-state index in [4.69, 9.17) is 0 Å². The van der Waals surface area contributed by atoms with Crippen molar-refractivity contribution >= 4 is 11.7 Å². The number of nitrogens with one attached hydrogen (secondary N) is 3. The first kappa shape index (κ1) is 13.0. The Hall–Kier alpha value is -2.49. The zero-order valence-corrected chi connectivity index (χ0v) is 10.6. The van der Waals surface area contributed by atoms with Crippen molar-refractivity contribution in [3.05, 3.63) is 66.2 Å². The highest BCUT2D eigenvalue weighted by molar-refractivity contribution is 5.75. The molecule has 0 fully saturated rings. The number of carbonyl (C=O) groups is 1. The first-order valence-electron chi connectivity index (χ1n) is 6.23. The minimum absolute atomic E-state index is 0.236. The highest BCUT2D eigenvalue weighted by Gasteiger charge is 1.98. The van der Waals surface area contributed by atoms with Crippen LogP contribution < -0.4 is 16.2 Å². The lowest BCUT2D eigenvalue weighted by Crippen LogP contribution is -2.39. The van der Waals surface area contributed by atoms with E-state index in [0.717, 1.165) is 12.1 Å². The first-order valence-corrected chi connectivity index (χ1v) is 6.23. The lowest BCUT2D eigenvalue weighted by atomic mass is 10.1. The van der Waals surface area contributed by atoms with Crippen LogP contribution in [0.5, 0.6) is 0 Å². The van der Waals surface area contributed by atoms with Gasteiger partial charge < -0.3 is 5.32 Å². The molecule has 98 valence electrons. The second kappa shape index (κ2) is 7.06. The summed E-state index contributed by atoms with van der Waals surface area (Å²) in [6, 6.07) is 19.3. The van der Waals surface area contributed by atoms with Gasteiger partial charge >= 0.3 is 6.03 Å². The summed E-state index contributed by atoms with van der Waals surface area (Å²) in [5.74, 6) is 0. The van der Waals surface area contributed by atoms with E-state index in [2.05, 4.69) is 16.2 Å². The predicted octanol–water partition coefficient (Wildman–Crippen LogP) is 2.56. The molecule has 0 radical (unpaired) electrons. The van der Waals surface area contributed by atoms with Gasteiger partial charge in [0.25, 0.3) is 0 Å². The van der Waals surface area contributed by atoms with Crippen molar-refractivity contribution in [1.82, 2.24) is 10.7 Å². The average Bonchev–Trinajstić information content (AvgIpc) is 2.47. The predicted molar refractivity (Wildman–Crippen MR) is 76.7 cm³/mol. The minimum atomic E-state index is -0.236. The number of hydrazine groups is 1. The number of amides is 2. The first-order chi connectivity index (χ1) is 9.34. The van der Waals surface area contributed by atoms with E-state index < -0.39 is 0 Å². The zero-order chi connectivity index (χ0) is 13.3. The van der Waals surface area contributed by atoms with Crippen molar-refractivity contribution in [2.24, 2.45) is 0 Å². The fourth-order valence-electron chi connectivity index (χ4n) is 1.66. The van der Waals surface area contributed by atoms with Gasteiger partial charge in [-0.1, -0.05) is 48.5 Å². The van der Waals surface area contributed by atoms with Gasteiger partial charge in [-0.3, -0.25) is 10.9 Å². The molecule has 0 saturated carbocycles. The van der Waals surface area contributed by atoms with E-state index in [-0.39, 0.29) is 6.03 Å². The second-order valence-electron chi connectivity index (χ2n) is 4.11. The van der Waals surface area contributed by atoms with Gasteiger partial charge in [0.2, 0.25) is 0 Å². The van der Waals surface area contributed by atoms with Crippen molar-refractivity contribution in [3.8, 4) is 0 Å². The standard InChI is InChI=1S/C15H17N3O/c19-15(18-17-14-9-5-2-6-10-14)16-12-11-13-7-3-1-4-8-13/h1-10,17H,11-12H2,(H2,16,18,19). The Morgan fingerprint density at radius 2 is 1.53 bits per heavy atom. The van der Waals surface area contributed by atoms with E-state index in [1.54, 1.807) is 0 Å². The normalized spacial score (nSPS) is 9.68. The van der Waals surface area contributed by atoms with Crippen molar-refractivity contribution in [1.29, 1.82) is 0 Å². The van der Waals surface area contributed by atoms with Crippen LogP contribution in [0.4, 0.5) is 10.5 Å². The summed E-state index contributed by atoms with van der Waals surface area (Å²) >= 11 is 0. The highest BCUT2D eigenvalue weighted by atomic mass is 16.2. The SMILES string of the molecule is O=C(NCCc1ccccc1)NNc1ccccc1. The van der Waals surface area contributed by atoms with Crippen LogP contribution in [0, 0.1) is 0 Å². The Bertz CT molecular complexity index is 499. The summed E-state index contributed by atoms with van der Waals surface area (Å²) in [5, 5.41) is 2.79. The van der Waals surface area contributed by atoms with Crippen LogP contribution in [0.1, 0.15) is 5.56 Å². The van der Waals surface area contributed by atoms with E-state index in [9.17, 15) is 4.79 Å². The molecule has 0 aliphatic heterocycles. The van der Waals surface area contributed by atoms with Crippen molar-refractivity contribution < 1.29 is 4.79 Å². The Labute approximate surface area is 112 Å². The Kier molecular flexibility index (Phi) is 4.81. The number of carbonyl (C=O) groups excluding carboxylic acids is 1. The summed E-state index contributed by atoms with van der Waals surface area (Å²) in [6.07, 6.45) is 0.819. The number of hydrogen-bond acceptors (Lipinski definition) is 2. The average molecular weight is 255 g/mol. The van der Waals surface area contributed by atoms with Crippen LogP contribution in [0.2, 0.25) is 0 Å². The molecule has 0 aliphatic carbocycles. The zero-order valence-electron chi connectivity index (χ0n) is 10.6. The third kappa shape index (κ3) is 4.71. The van der Waals surface area contributed by atoms with Gasteiger partial charge in [0.05, 0.1) is 5.69 Å². The fourth-order valence-corrected chi connectivity index (χ4v) is 1.66. The van der Waals surface area contributed by atoms with E-state index in [1.807, 2.05) is 60.7 Å². The van der Waals surface area contributed by atoms with Gasteiger partial charge in [0.1, 0.15) is 0 Å². The van der Waals surface area contributed by atoms with Gasteiger partial charge in [0, 0.05) is 6.54 Å². The molecule has 0 atom stereocenters. The van der Waals surface area contributed by atoms with Crippen molar-refractivity contribution in [2.75, 3.05) is 12.0 Å². The molecule has 0 bridgehead atoms. The van der Waals surface area contributed by atoms with E-state index in [1.165, 1.54) is 5.56 Å². The van der Waals surface area contributed by atoms with Crippen LogP contribution in [-0.2, 0) is 6.42 Å². The van der Waals surface area contributed by atoms with Crippen LogP contribution in [0.15, 0.2) is 60.7 Å². The van der Waals surface area contributed by atoms with Gasteiger partial charge in [-0.25, -0.2) is 4.79 Å². The Balaban J connectivity index is 1.65. The molecule has 3 N–H and O–H groups in total. The number of para-hydroxylation sites is 1. The third-order valence-electron chi connectivity index (χ3n) is 2.64. The van der Waals surface area contributed by atoms with Crippen LogP contribution in [-0.4, -0.2) is 12.6 Å². The van der Waals surface area contributed by atoms with Gasteiger partial charge in [-0.2, -0.15) is 0 Å². The van der Waals surface area contributed by atoms with Crippen LogP contribution in [0.25, 0.3) is 0 Å². The van der Waals surface area contributed by atoms with Crippen LogP contribution in [0.3, 0.4) is 0 Å². The number of rotatable bonds is 5. The summed E-state index contributed by atoms with van der Waals surface area (Å²) in [4.78, 5) is 11.5. The smallest absolute Gasteiger partial charge is 0.333 e. The molecular weight excluding hydrogens is 238 g/mol. The lowest BCUT2D eigenvalue weighted by molar-refractivity contribution is 0.243. The van der Waals surface area contributed by atoms with Gasteiger partial charge in [-0.15, -0.1) is 0 Å². The largest absolute Gasteiger partial charge is 0.336 e. The van der Waals surface area contributed by atoms with Gasteiger partial charge in [0.15, 0.2) is 0 Å². The summed E-state index contributed by atoms with van der Waals surface area (Å²) in [5.41, 5.74) is 7.47. The maximum Gasteiger partial charge on any atom is 0.333 e. The summed E-state index contributed by atoms with van der Waals surface area (Å²) in [6.45, 7) is 0.603. The highest BCUT2D eigenvalue weighted by Crippen LogP contribution is 2.02. The molecule has 4 heteroatoms. The molecule has 2 rings (SSSR count). The molecule has 0 unspecified atom stereocenters. The minimum Gasteiger partial charge on any atom is -0.336 e. The maximum atomic E-state index is 11.5. The summed E-state index contributed by atoms with van der Waals surface area (Å²) < 4.78 is 0. The van der Waals surface area contributed by atoms with Crippen LogP contribution >= 0.6 is 0 Å². The molecule has 2 aromatic carbocycles. The second-order valence-corrected chi connectivity index (χ2v) is 4.11. The molecule has 0 heterocycles. The summed E-state index contributed by atoms with van der Waals surface area (Å²) in [7, 11) is 0. The molecule has 0 aromatic heterocycles. The molecule has 2 aromatic rings. The van der Waals surface area contributed by atoms with Gasteiger partial charge in [-0.05, 0) is 24.1 Å². The Morgan fingerprint density at radius 3 is 2.21 bits per heavy atom. The molecule has 19 heavy (non-hydrogen) atoms. The third-order valence-corrected chi connectivity index (χ3v) is 2.64. The molecular formula is C15H17N3O. The number of hydrogen-bond donors (Lipinski definition) is 3. The number of anilines is 1. The molecule has 0 spiro atoms. The fraction of sp³-hybridized carbons (Fsp3) is 0.133. The lowest BCUT2D eigenvalue weighted by Gasteiger charge is -2.09.